The molecule has 0 spiro atoms. The van der Waals surface area contributed by atoms with E-state index in [2.05, 4.69) is 17.1 Å². The van der Waals surface area contributed by atoms with E-state index < -0.39 is 0 Å². The fourth-order valence-electron chi connectivity index (χ4n) is 2.74. The molecule has 2 rings (SSSR count). The SMILES string of the molecule is COCCN(CCC(CO)NC1CC1)C(C)C1CC1. The lowest BCUT2D eigenvalue weighted by Crippen LogP contribution is -2.42. The molecule has 2 aliphatic rings. The Kier molecular flexibility index (Phi) is 6.07. The van der Waals surface area contributed by atoms with Gasteiger partial charge in [0.1, 0.15) is 0 Å². The van der Waals surface area contributed by atoms with Crippen LogP contribution < -0.4 is 5.32 Å². The van der Waals surface area contributed by atoms with Crippen LogP contribution in [0.2, 0.25) is 0 Å². The van der Waals surface area contributed by atoms with E-state index in [1.165, 1.54) is 25.7 Å². The Morgan fingerprint density at radius 3 is 2.53 bits per heavy atom. The molecule has 4 heteroatoms. The summed E-state index contributed by atoms with van der Waals surface area (Å²) in [5.74, 6) is 0.890. The number of ether oxygens (including phenoxy) is 1. The minimum atomic E-state index is 0.256. The highest BCUT2D eigenvalue weighted by molar-refractivity contribution is 4.88. The van der Waals surface area contributed by atoms with Gasteiger partial charge in [-0.25, -0.2) is 0 Å². The molecule has 0 amide bonds. The third-order valence-electron chi connectivity index (χ3n) is 4.50. The molecule has 112 valence electrons. The topological polar surface area (TPSA) is 44.7 Å². The van der Waals surface area contributed by atoms with Gasteiger partial charge in [0.15, 0.2) is 0 Å². The summed E-state index contributed by atoms with van der Waals surface area (Å²) in [4.78, 5) is 2.54. The van der Waals surface area contributed by atoms with Crippen LogP contribution in [0.15, 0.2) is 0 Å². The first-order chi connectivity index (χ1) is 9.24. The van der Waals surface area contributed by atoms with Crippen LogP contribution in [-0.2, 0) is 4.74 Å². The number of methoxy groups -OCH3 is 1. The predicted molar refractivity (Wildman–Crippen MR) is 77.3 cm³/mol. The van der Waals surface area contributed by atoms with Gasteiger partial charge in [-0.15, -0.1) is 0 Å². The minimum Gasteiger partial charge on any atom is -0.395 e. The Morgan fingerprint density at radius 2 is 2.00 bits per heavy atom. The van der Waals surface area contributed by atoms with Gasteiger partial charge in [-0.3, -0.25) is 4.90 Å². The second kappa shape index (κ2) is 7.58. The van der Waals surface area contributed by atoms with Crippen LogP contribution >= 0.6 is 0 Å². The van der Waals surface area contributed by atoms with Crippen molar-refractivity contribution in [2.24, 2.45) is 5.92 Å². The van der Waals surface area contributed by atoms with Crippen LogP contribution in [0.3, 0.4) is 0 Å². The first-order valence-electron chi connectivity index (χ1n) is 7.84. The fourth-order valence-corrected chi connectivity index (χ4v) is 2.74. The molecule has 0 aromatic rings. The third-order valence-corrected chi connectivity index (χ3v) is 4.50. The highest BCUT2D eigenvalue weighted by Crippen LogP contribution is 2.35. The summed E-state index contributed by atoms with van der Waals surface area (Å²) in [5, 5.41) is 13.0. The molecule has 2 aliphatic carbocycles. The van der Waals surface area contributed by atoms with Gasteiger partial charge in [0.05, 0.1) is 13.2 Å². The van der Waals surface area contributed by atoms with Crippen LogP contribution in [0, 0.1) is 5.92 Å². The van der Waals surface area contributed by atoms with Crippen molar-refractivity contribution in [3.05, 3.63) is 0 Å². The van der Waals surface area contributed by atoms with Crippen molar-refractivity contribution in [1.82, 2.24) is 10.2 Å². The van der Waals surface area contributed by atoms with Gasteiger partial charge >= 0.3 is 0 Å². The summed E-state index contributed by atoms with van der Waals surface area (Å²) in [7, 11) is 1.77. The van der Waals surface area contributed by atoms with Crippen LogP contribution in [-0.4, -0.2) is 61.5 Å². The van der Waals surface area contributed by atoms with Gasteiger partial charge in [0, 0.05) is 38.3 Å². The Bertz CT molecular complexity index is 255. The molecule has 0 saturated heterocycles. The van der Waals surface area contributed by atoms with Gasteiger partial charge < -0.3 is 15.2 Å². The zero-order valence-corrected chi connectivity index (χ0v) is 12.5. The number of nitrogens with zero attached hydrogens (tertiary/aromatic N) is 1. The van der Waals surface area contributed by atoms with Crippen molar-refractivity contribution in [3.63, 3.8) is 0 Å². The lowest BCUT2D eigenvalue weighted by molar-refractivity contribution is 0.109. The number of hydrogen-bond donors (Lipinski definition) is 2. The smallest absolute Gasteiger partial charge is 0.0589 e. The highest BCUT2D eigenvalue weighted by Gasteiger charge is 2.32. The summed E-state index contributed by atoms with van der Waals surface area (Å²) in [6.45, 7) is 5.47. The molecule has 0 bridgehead atoms. The van der Waals surface area contributed by atoms with Crippen LogP contribution in [0.1, 0.15) is 39.0 Å². The Labute approximate surface area is 117 Å². The number of nitrogens with one attached hydrogen (secondary N) is 1. The molecule has 0 radical (unpaired) electrons. The van der Waals surface area contributed by atoms with Crippen molar-refractivity contribution in [2.45, 2.75) is 57.2 Å². The number of hydrogen-bond acceptors (Lipinski definition) is 4. The summed E-state index contributed by atoms with van der Waals surface area (Å²) in [6, 6.07) is 1.60. The van der Waals surface area contributed by atoms with Crippen molar-refractivity contribution >= 4 is 0 Å². The zero-order chi connectivity index (χ0) is 13.7. The predicted octanol–water partition coefficient (Wildman–Crippen LogP) is 1.24. The maximum absolute atomic E-state index is 9.45. The van der Waals surface area contributed by atoms with E-state index in [0.717, 1.165) is 32.0 Å². The van der Waals surface area contributed by atoms with Gasteiger partial charge in [-0.05, 0) is 44.9 Å². The largest absolute Gasteiger partial charge is 0.395 e. The average molecular weight is 270 g/mol. The number of aliphatic hydroxyl groups is 1. The van der Waals surface area contributed by atoms with Crippen molar-refractivity contribution in [3.8, 4) is 0 Å². The highest BCUT2D eigenvalue weighted by atomic mass is 16.5. The maximum Gasteiger partial charge on any atom is 0.0589 e. The average Bonchev–Trinajstić information content (AvgIpc) is 3.29. The van der Waals surface area contributed by atoms with Gasteiger partial charge in [-0.1, -0.05) is 0 Å². The lowest BCUT2D eigenvalue weighted by atomic mass is 10.1. The van der Waals surface area contributed by atoms with E-state index in [4.69, 9.17) is 4.74 Å². The zero-order valence-electron chi connectivity index (χ0n) is 12.5. The molecular formula is C15H30N2O2. The van der Waals surface area contributed by atoms with Gasteiger partial charge in [0.25, 0.3) is 0 Å². The fraction of sp³-hybridized carbons (Fsp3) is 1.00. The number of aliphatic hydroxyl groups excluding tert-OH is 1. The molecule has 2 fully saturated rings. The summed E-state index contributed by atoms with van der Waals surface area (Å²) in [5.41, 5.74) is 0. The molecule has 0 aromatic heterocycles. The second-order valence-electron chi connectivity index (χ2n) is 6.22. The maximum atomic E-state index is 9.45. The van der Waals surface area contributed by atoms with E-state index in [9.17, 15) is 5.11 Å². The van der Waals surface area contributed by atoms with Crippen molar-refractivity contribution in [1.29, 1.82) is 0 Å². The van der Waals surface area contributed by atoms with Gasteiger partial charge in [-0.2, -0.15) is 0 Å². The Balaban J connectivity index is 1.72. The van der Waals surface area contributed by atoms with Gasteiger partial charge in [0.2, 0.25) is 0 Å². The summed E-state index contributed by atoms with van der Waals surface area (Å²) in [6.07, 6.45) is 6.36. The number of rotatable bonds is 11. The first kappa shape index (κ1) is 15.2. The normalized spacial score (nSPS) is 22.7. The van der Waals surface area contributed by atoms with E-state index in [1.54, 1.807) is 7.11 Å². The van der Waals surface area contributed by atoms with Crippen molar-refractivity contribution < 1.29 is 9.84 Å². The molecule has 0 heterocycles. The molecule has 2 N–H and O–H groups in total. The lowest BCUT2D eigenvalue weighted by Gasteiger charge is -2.30. The Hall–Kier alpha value is -0.160. The van der Waals surface area contributed by atoms with Crippen LogP contribution in [0.25, 0.3) is 0 Å². The molecule has 0 aromatic carbocycles. The molecule has 0 aliphatic heterocycles. The molecule has 2 atom stereocenters. The van der Waals surface area contributed by atoms with E-state index in [0.29, 0.717) is 12.1 Å². The van der Waals surface area contributed by atoms with E-state index in [-0.39, 0.29) is 12.6 Å². The standard InChI is InChI=1S/C15H30N2O2/c1-12(13-3-4-13)17(9-10-19-2)8-7-15(11-18)16-14-5-6-14/h12-16,18H,3-11H2,1-2H3. The summed E-state index contributed by atoms with van der Waals surface area (Å²) >= 11 is 0. The molecule has 4 nitrogen and oxygen atoms in total. The third kappa shape index (κ3) is 5.38. The second-order valence-corrected chi connectivity index (χ2v) is 6.22. The molecule has 2 saturated carbocycles. The first-order valence-corrected chi connectivity index (χ1v) is 7.84. The van der Waals surface area contributed by atoms with E-state index in [1.807, 2.05) is 0 Å². The molecule has 19 heavy (non-hydrogen) atoms. The Morgan fingerprint density at radius 1 is 1.26 bits per heavy atom. The minimum absolute atomic E-state index is 0.256. The van der Waals surface area contributed by atoms with E-state index >= 15 is 0 Å². The van der Waals surface area contributed by atoms with Crippen LogP contribution in [0.4, 0.5) is 0 Å². The summed E-state index contributed by atoms with van der Waals surface area (Å²) < 4.78 is 5.22. The monoisotopic (exact) mass is 270 g/mol. The van der Waals surface area contributed by atoms with Crippen LogP contribution in [0.5, 0.6) is 0 Å². The quantitative estimate of drug-likeness (QED) is 0.593. The van der Waals surface area contributed by atoms with Crippen molar-refractivity contribution in [2.75, 3.05) is 33.4 Å². The molecule has 2 unspecified atom stereocenters. The molecular weight excluding hydrogens is 240 g/mol.